The number of halogens is 3. The summed E-state index contributed by atoms with van der Waals surface area (Å²) < 4.78 is 51.7. The van der Waals surface area contributed by atoms with Crippen molar-refractivity contribution < 1.29 is 27.4 Å². The summed E-state index contributed by atoms with van der Waals surface area (Å²) in [7, 11) is 0. The molecule has 2 aliphatic rings. The number of benzene rings is 1. The minimum absolute atomic E-state index is 0.00810. The lowest BCUT2D eigenvalue weighted by molar-refractivity contribution is -0.206. The summed E-state index contributed by atoms with van der Waals surface area (Å²) in [6.07, 6.45) is -2.27. The summed E-state index contributed by atoms with van der Waals surface area (Å²) in [5.74, 6) is 0.393. The van der Waals surface area contributed by atoms with Crippen molar-refractivity contribution in [3.05, 3.63) is 59.9 Å². The second kappa shape index (κ2) is 9.92. The van der Waals surface area contributed by atoms with E-state index >= 15 is 0 Å². The zero-order valence-corrected chi connectivity index (χ0v) is 19.4. The Labute approximate surface area is 197 Å². The molecule has 2 saturated heterocycles. The maximum absolute atomic E-state index is 13.2. The summed E-state index contributed by atoms with van der Waals surface area (Å²) in [5, 5.41) is 0. The molecule has 1 aromatic heterocycles. The Hall–Kier alpha value is -2.65. The van der Waals surface area contributed by atoms with E-state index in [-0.39, 0.29) is 25.1 Å². The van der Waals surface area contributed by atoms with Crippen molar-refractivity contribution in [3.8, 4) is 5.75 Å². The van der Waals surface area contributed by atoms with Crippen LogP contribution in [0, 0.1) is 0 Å². The molecule has 0 aliphatic carbocycles. The zero-order valence-electron chi connectivity index (χ0n) is 19.4. The van der Waals surface area contributed by atoms with Gasteiger partial charge in [-0.25, -0.2) is 4.98 Å². The van der Waals surface area contributed by atoms with Gasteiger partial charge in [0.25, 0.3) is 5.91 Å². The number of amides is 1. The topological polar surface area (TPSA) is 54.9 Å². The Morgan fingerprint density at radius 3 is 2.47 bits per heavy atom. The van der Waals surface area contributed by atoms with Crippen molar-refractivity contribution in [2.24, 2.45) is 0 Å². The average molecular weight is 478 g/mol. The molecule has 3 heterocycles. The van der Waals surface area contributed by atoms with Gasteiger partial charge >= 0.3 is 6.18 Å². The molecule has 1 amide bonds. The van der Waals surface area contributed by atoms with E-state index in [1.165, 1.54) is 11.1 Å². The van der Waals surface area contributed by atoms with Crippen molar-refractivity contribution in [3.63, 3.8) is 0 Å². The highest BCUT2D eigenvalue weighted by atomic mass is 19.4. The minimum Gasteiger partial charge on any atom is -0.489 e. The number of pyridine rings is 1. The second-order valence-electron chi connectivity index (χ2n) is 9.32. The number of rotatable bonds is 5. The van der Waals surface area contributed by atoms with Gasteiger partial charge in [0, 0.05) is 26.2 Å². The molecule has 1 spiro atoms. The fourth-order valence-corrected chi connectivity index (χ4v) is 4.70. The minimum atomic E-state index is -4.28. The smallest absolute Gasteiger partial charge is 0.401 e. The van der Waals surface area contributed by atoms with Gasteiger partial charge in [-0.15, -0.1) is 0 Å². The molecule has 2 aromatic rings. The van der Waals surface area contributed by atoms with Crippen LogP contribution >= 0.6 is 0 Å². The second-order valence-corrected chi connectivity index (χ2v) is 9.32. The quantitative estimate of drug-likeness (QED) is 0.636. The monoisotopic (exact) mass is 477 g/mol. The summed E-state index contributed by atoms with van der Waals surface area (Å²) in [6, 6.07) is 12.7. The van der Waals surface area contributed by atoms with Crippen molar-refractivity contribution in [1.82, 2.24) is 14.8 Å². The van der Waals surface area contributed by atoms with Crippen LogP contribution in [0.25, 0.3) is 0 Å². The molecular formula is C25H30F3N3O3. The molecule has 6 nitrogen and oxygen atoms in total. The molecule has 1 atom stereocenters. The van der Waals surface area contributed by atoms with E-state index in [9.17, 15) is 18.0 Å². The van der Waals surface area contributed by atoms with E-state index in [4.69, 9.17) is 9.47 Å². The molecule has 0 bridgehead atoms. The van der Waals surface area contributed by atoms with Crippen molar-refractivity contribution in [2.45, 2.75) is 50.7 Å². The van der Waals surface area contributed by atoms with Gasteiger partial charge in [-0.2, -0.15) is 13.2 Å². The molecule has 34 heavy (non-hydrogen) atoms. The van der Waals surface area contributed by atoms with Crippen LogP contribution < -0.4 is 4.74 Å². The lowest BCUT2D eigenvalue weighted by Gasteiger charge is -2.50. The molecular weight excluding hydrogens is 447 g/mol. The summed E-state index contributed by atoms with van der Waals surface area (Å²) in [5.41, 5.74) is 0.445. The van der Waals surface area contributed by atoms with Gasteiger partial charge in [0.05, 0.1) is 30.6 Å². The first-order valence-electron chi connectivity index (χ1n) is 11.6. The summed E-state index contributed by atoms with van der Waals surface area (Å²) in [6.45, 7) is 4.01. The van der Waals surface area contributed by atoms with Crippen LogP contribution in [0.5, 0.6) is 5.75 Å². The Morgan fingerprint density at radius 1 is 1.18 bits per heavy atom. The number of carbonyl (C=O) groups is 1. The van der Waals surface area contributed by atoms with Crippen LogP contribution in [0.1, 0.15) is 48.8 Å². The third kappa shape index (κ3) is 6.07. The number of likely N-dealkylation sites (tertiary alicyclic amines) is 1. The standard InChI is InChI=1S/C25H30F3N3O3/c1-18(2)33-20-8-9-21(29-14-20)23(32)31-12-10-24(11-13-31)16-30(17-25(26,27)28)15-22(34-24)19-6-4-3-5-7-19/h3-9,14,18,22H,10-13,15-17H2,1-2H3. The fourth-order valence-electron chi connectivity index (χ4n) is 4.70. The maximum Gasteiger partial charge on any atom is 0.401 e. The molecule has 0 N–H and O–H groups in total. The lowest BCUT2D eigenvalue weighted by atomic mass is 9.87. The molecule has 1 unspecified atom stereocenters. The molecule has 2 aliphatic heterocycles. The van der Waals surface area contributed by atoms with Crippen LogP contribution in [-0.2, 0) is 4.74 Å². The van der Waals surface area contributed by atoms with Gasteiger partial charge in [-0.1, -0.05) is 30.3 Å². The Kier molecular flexibility index (Phi) is 7.14. The van der Waals surface area contributed by atoms with E-state index in [1.54, 1.807) is 17.0 Å². The highest BCUT2D eigenvalue weighted by molar-refractivity contribution is 5.92. The van der Waals surface area contributed by atoms with Gasteiger partial charge in [0.2, 0.25) is 0 Å². The molecule has 184 valence electrons. The third-order valence-corrected chi connectivity index (χ3v) is 6.19. The first-order chi connectivity index (χ1) is 16.1. The number of aromatic nitrogens is 1. The number of carbonyl (C=O) groups excluding carboxylic acids is 1. The van der Waals surface area contributed by atoms with Crippen LogP contribution in [0.4, 0.5) is 13.2 Å². The maximum atomic E-state index is 13.2. The van der Waals surface area contributed by atoms with Gasteiger partial charge in [-0.05, 0) is 44.4 Å². The molecule has 0 radical (unpaired) electrons. The van der Waals surface area contributed by atoms with E-state index in [0.717, 1.165) is 5.56 Å². The number of morpholine rings is 1. The van der Waals surface area contributed by atoms with Crippen LogP contribution in [0.15, 0.2) is 48.7 Å². The normalized spacial score (nSPS) is 21.1. The number of hydrogen-bond donors (Lipinski definition) is 0. The first kappa shape index (κ1) is 24.5. The molecule has 2 fully saturated rings. The third-order valence-electron chi connectivity index (χ3n) is 6.19. The SMILES string of the molecule is CC(C)Oc1ccc(C(=O)N2CCC3(CC2)CN(CC(F)(F)F)CC(c2ccccc2)O3)nc1. The highest BCUT2D eigenvalue weighted by Crippen LogP contribution is 2.39. The van der Waals surface area contributed by atoms with Crippen LogP contribution in [-0.4, -0.2) is 71.3 Å². The Balaban J connectivity index is 1.44. The van der Waals surface area contributed by atoms with Crippen molar-refractivity contribution in [2.75, 3.05) is 32.7 Å². The van der Waals surface area contributed by atoms with Crippen LogP contribution in [0.3, 0.4) is 0 Å². The Bertz CT molecular complexity index is 959. The van der Waals surface area contributed by atoms with Gasteiger partial charge < -0.3 is 14.4 Å². The van der Waals surface area contributed by atoms with Crippen molar-refractivity contribution >= 4 is 5.91 Å². The number of hydrogen-bond acceptors (Lipinski definition) is 5. The largest absolute Gasteiger partial charge is 0.489 e. The zero-order chi connectivity index (χ0) is 24.3. The number of alkyl halides is 3. The van der Waals surface area contributed by atoms with Gasteiger partial charge in [0.15, 0.2) is 0 Å². The summed E-state index contributed by atoms with van der Waals surface area (Å²) in [4.78, 5) is 20.3. The van der Waals surface area contributed by atoms with E-state index in [1.807, 2.05) is 44.2 Å². The van der Waals surface area contributed by atoms with Gasteiger partial charge in [0.1, 0.15) is 11.4 Å². The number of ether oxygens (including phenoxy) is 2. The molecule has 0 saturated carbocycles. The first-order valence-corrected chi connectivity index (χ1v) is 11.6. The average Bonchev–Trinajstić information content (AvgIpc) is 2.78. The Morgan fingerprint density at radius 2 is 1.88 bits per heavy atom. The predicted molar refractivity (Wildman–Crippen MR) is 121 cm³/mol. The number of piperidine rings is 1. The van der Waals surface area contributed by atoms with Crippen LogP contribution in [0.2, 0.25) is 0 Å². The van der Waals surface area contributed by atoms with E-state index in [0.29, 0.717) is 37.4 Å². The number of nitrogens with zero attached hydrogens (tertiary/aromatic N) is 3. The van der Waals surface area contributed by atoms with Crippen molar-refractivity contribution in [1.29, 1.82) is 0 Å². The fraction of sp³-hybridized carbons (Fsp3) is 0.520. The van der Waals surface area contributed by atoms with Gasteiger partial charge in [-0.3, -0.25) is 9.69 Å². The van der Waals surface area contributed by atoms with E-state index in [2.05, 4.69) is 4.98 Å². The molecule has 4 rings (SSSR count). The predicted octanol–water partition coefficient (Wildman–Crippen LogP) is 4.48. The lowest BCUT2D eigenvalue weighted by Crippen LogP contribution is -2.59. The van der Waals surface area contributed by atoms with E-state index < -0.39 is 24.4 Å². The highest BCUT2D eigenvalue weighted by Gasteiger charge is 2.46. The molecule has 9 heteroatoms. The summed E-state index contributed by atoms with van der Waals surface area (Å²) >= 11 is 0. The molecule has 1 aromatic carbocycles.